The van der Waals surface area contributed by atoms with Crippen LogP contribution >= 0.6 is 0 Å². The van der Waals surface area contributed by atoms with Crippen molar-refractivity contribution < 1.29 is 4.42 Å². The fourth-order valence-corrected chi connectivity index (χ4v) is 5.79. The normalized spacial score (nSPS) is 13.8. The second-order valence-corrected chi connectivity index (χ2v) is 10.2. The maximum Gasteiger partial charge on any atom is 0.173 e. The number of amidine groups is 2. The Morgan fingerprint density at radius 2 is 1.05 bits per heavy atom. The lowest BCUT2D eigenvalue weighted by Gasteiger charge is -2.22. The smallest absolute Gasteiger partial charge is 0.173 e. The van der Waals surface area contributed by atoms with Crippen molar-refractivity contribution in [3.8, 4) is 11.1 Å². The number of fused-ring (bicyclic) bond motifs is 4. The van der Waals surface area contributed by atoms with Gasteiger partial charge in [0.15, 0.2) is 6.17 Å². The summed E-state index contributed by atoms with van der Waals surface area (Å²) in [5, 5.41) is 7.99. The van der Waals surface area contributed by atoms with E-state index in [4.69, 9.17) is 14.4 Å². The summed E-state index contributed by atoms with van der Waals surface area (Å²) in [5.74, 6) is 1.57. The molecule has 0 saturated heterocycles. The minimum absolute atomic E-state index is 0.472. The standard InChI is InChI=1S/C37H25N3O/c1-4-13-24(14-5-1)32-28-20-11-10-19-27(28)23-31-29-21-12-22-30(33(29)41-34(31)32)37-39-35(25-15-6-2-7-16-25)38-36(40-37)26-17-8-3-9-18-26/h1-23,37H,(H,38,39,40). The van der Waals surface area contributed by atoms with E-state index < -0.39 is 6.17 Å². The Bertz CT molecular complexity index is 2060. The molecule has 0 bridgehead atoms. The van der Waals surface area contributed by atoms with Crippen LogP contribution in [0, 0.1) is 0 Å². The number of furan rings is 1. The van der Waals surface area contributed by atoms with Gasteiger partial charge in [-0.05, 0) is 22.4 Å². The van der Waals surface area contributed by atoms with Crippen LogP contribution in [0.2, 0.25) is 0 Å². The van der Waals surface area contributed by atoms with Crippen LogP contribution in [0.5, 0.6) is 0 Å². The van der Waals surface area contributed by atoms with Gasteiger partial charge < -0.3 is 9.73 Å². The van der Waals surface area contributed by atoms with Crippen LogP contribution in [0.1, 0.15) is 22.9 Å². The molecule has 0 spiro atoms. The van der Waals surface area contributed by atoms with E-state index in [9.17, 15) is 0 Å². The fourth-order valence-electron chi connectivity index (χ4n) is 5.79. The van der Waals surface area contributed by atoms with E-state index in [1.165, 1.54) is 10.8 Å². The van der Waals surface area contributed by atoms with Crippen LogP contribution in [0.4, 0.5) is 0 Å². The first-order valence-electron chi connectivity index (χ1n) is 13.8. The summed E-state index contributed by atoms with van der Waals surface area (Å²) in [7, 11) is 0. The molecule has 1 aliphatic rings. The molecule has 1 aliphatic heterocycles. The molecule has 0 saturated carbocycles. The lowest BCUT2D eigenvalue weighted by atomic mass is 9.95. The second-order valence-electron chi connectivity index (χ2n) is 10.2. The zero-order chi connectivity index (χ0) is 27.2. The number of hydrogen-bond donors (Lipinski definition) is 1. The maximum absolute atomic E-state index is 6.85. The highest BCUT2D eigenvalue weighted by Crippen LogP contribution is 2.43. The highest BCUT2D eigenvalue weighted by molar-refractivity contribution is 6.19. The van der Waals surface area contributed by atoms with Crippen molar-refractivity contribution in [2.45, 2.75) is 6.17 Å². The molecule has 0 unspecified atom stereocenters. The lowest BCUT2D eigenvalue weighted by molar-refractivity contribution is 0.650. The predicted molar refractivity (Wildman–Crippen MR) is 168 cm³/mol. The lowest BCUT2D eigenvalue weighted by Crippen LogP contribution is -2.36. The van der Waals surface area contributed by atoms with E-state index in [-0.39, 0.29) is 0 Å². The first-order chi connectivity index (χ1) is 20.3. The van der Waals surface area contributed by atoms with Crippen LogP contribution in [0.25, 0.3) is 43.8 Å². The molecule has 0 fully saturated rings. The summed E-state index contributed by atoms with van der Waals surface area (Å²) in [5.41, 5.74) is 6.88. The highest BCUT2D eigenvalue weighted by atomic mass is 16.3. The molecule has 8 rings (SSSR count). The van der Waals surface area contributed by atoms with Gasteiger partial charge in [-0.1, -0.05) is 133 Å². The molecule has 0 radical (unpaired) electrons. The molecular formula is C37H25N3O. The average Bonchev–Trinajstić information content (AvgIpc) is 3.43. The Balaban J connectivity index is 1.39. The summed E-state index contributed by atoms with van der Waals surface area (Å²) in [6, 6.07) is 48.0. The Hall–Kier alpha value is -5.48. The maximum atomic E-state index is 6.85. The Kier molecular flexibility index (Phi) is 5.49. The highest BCUT2D eigenvalue weighted by Gasteiger charge is 2.25. The number of benzene rings is 6. The van der Waals surface area contributed by atoms with E-state index in [0.717, 1.165) is 61.4 Å². The molecule has 6 aromatic carbocycles. The fraction of sp³-hybridized carbons (Fsp3) is 0.0270. The number of hydrogen-bond acceptors (Lipinski definition) is 4. The number of rotatable bonds is 4. The van der Waals surface area contributed by atoms with Gasteiger partial charge >= 0.3 is 0 Å². The van der Waals surface area contributed by atoms with Crippen molar-refractivity contribution in [2.75, 3.05) is 0 Å². The van der Waals surface area contributed by atoms with Crippen LogP contribution in [-0.4, -0.2) is 11.7 Å². The summed E-state index contributed by atoms with van der Waals surface area (Å²) in [6.07, 6.45) is -0.472. The van der Waals surface area contributed by atoms with Crippen molar-refractivity contribution in [3.63, 3.8) is 0 Å². The van der Waals surface area contributed by atoms with E-state index in [1.54, 1.807) is 0 Å². The third-order valence-electron chi connectivity index (χ3n) is 7.72. The van der Waals surface area contributed by atoms with Crippen LogP contribution < -0.4 is 5.32 Å². The molecule has 194 valence electrons. The van der Waals surface area contributed by atoms with Crippen molar-refractivity contribution in [1.82, 2.24) is 5.32 Å². The zero-order valence-corrected chi connectivity index (χ0v) is 22.2. The second kappa shape index (κ2) is 9.61. The Morgan fingerprint density at radius 3 is 1.71 bits per heavy atom. The van der Waals surface area contributed by atoms with Crippen molar-refractivity contribution >= 4 is 44.4 Å². The number of aliphatic imine (C=N–C) groups is 2. The van der Waals surface area contributed by atoms with Crippen LogP contribution in [0.3, 0.4) is 0 Å². The van der Waals surface area contributed by atoms with E-state index in [2.05, 4.69) is 102 Å². The largest absolute Gasteiger partial charge is 0.455 e. The molecule has 4 heteroatoms. The Morgan fingerprint density at radius 1 is 0.488 bits per heavy atom. The molecule has 4 nitrogen and oxygen atoms in total. The van der Waals surface area contributed by atoms with Crippen molar-refractivity contribution in [3.05, 3.63) is 156 Å². The minimum Gasteiger partial charge on any atom is -0.455 e. The third kappa shape index (κ3) is 4.00. The SMILES string of the molecule is c1ccc(C2=NC(c3cccc4c3oc3c(-c5ccccc5)c5ccccc5cc34)N=C(c3ccccc3)N2)cc1. The summed E-state index contributed by atoms with van der Waals surface area (Å²) in [4.78, 5) is 10.2. The molecule has 7 aromatic rings. The topological polar surface area (TPSA) is 49.9 Å². The monoisotopic (exact) mass is 527 g/mol. The summed E-state index contributed by atoms with van der Waals surface area (Å²) >= 11 is 0. The van der Waals surface area contributed by atoms with Gasteiger partial charge in [0.05, 0.1) is 0 Å². The van der Waals surface area contributed by atoms with Gasteiger partial charge in [-0.15, -0.1) is 0 Å². The molecular weight excluding hydrogens is 502 g/mol. The Labute approximate surface area is 237 Å². The van der Waals surface area contributed by atoms with Crippen molar-refractivity contribution in [1.29, 1.82) is 0 Å². The van der Waals surface area contributed by atoms with Gasteiger partial charge in [0.1, 0.15) is 22.8 Å². The molecule has 2 heterocycles. The molecule has 1 N–H and O–H groups in total. The predicted octanol–water partition coefficient (Wildman–Crippen LogP) is 8.90. The van der Waals surface area contributed by atoms with Gasteiger partial charge in [0, 0.05) is 33.0 Å². The molecule has 1 aromatic heterocycles. The zero-order valence-electron chi connectivity index (χ0n) is 22.2. The van der Waals surface area contributed by atoms with E-state index in [1.807, 2.05) is 42.5 Å². The molecule has 0 atom stereocenters. The van der Waals surface area contributed by atoms with Gasteiger partial charge in [0.25, 0.3) is 0 Å². The molecule has 0 aliphatic carbocycles. The summed E-state index contributed by atoms with van der Waals surface area (Å²) < 4.78 is 6.85. The summed E-state index contributed by atoms with van der Waals surface area (Å²) in [6.45, 7) is 0. The van der Waals surface area contributed by atoms with Gasteiger partial charge in [-0.3, -0.25) is 0 Å². The number of nitrogens with zero attached hydrogens (tertiary/aromatic N) is 2. The number of para-hydroxylation sites is 1. The first-order valence-corrected chi connectivity index (χ1v) is 13.8. The van der Waals surface area contributed by atoms with Crippen LogP contribution in [-0.2, 0) is 0 Å². The average molecular weight is 528 g/mol. The number of nitrogens with one attached hydrogen (secondary N) is 1. The third-order valence-corrected chi connectivity index (χ3v) is 7.72. The minimum atomic E-state index is -0.472. The van der Waals surface area contributed by atoms with E-state index >= 15 is 0 Å². The van der Waals surface area contributed by atoms with Gasteiger partial charge in [-0.2, -0.15) is 0 Å². The van der Waals surface area contributed by atoms with Gasteiger partial charge in [-0.25, -0.2) is 9.98 Å². The molecule has 41 heavy (non-hydrogen) atoms. The van der Waals surface area contributed by atoms with Crippen molar-refractivity contribution in [2.24, 2.45) is 9.98 Å². The first kappa shape index (κ1) is 23.4. The van der Waals surface area contributed by atoms with Gasteiger partial charge in [0.2, 0.25) is 0 Å². The molecule has 0 amide bonds. The quantitative estimate of drug-likeness (QED) is 0.248. The van der Waals surface area contributed by atoms with Crippen LogP contribution in [0.15, 0.2) is 154 Å². The van der Waals surface area contributed by atoms with E-state index in [0.29, 0.717) is 0 Å².